The molecular formula is C15H14Cl2N2O2S. The molecular weight excluding hydrogens is 343 g/mol. The minimum absolute atomic E-state index is 0.130. The van der Waals surface area contributed by atoms with Crippen molar-refractivity contribution in [2.45, 2.75) is 12.3 Å². The molecule has 1 aliphatic heterocycles. The lowest BCUT2D eigenvalue weighted by Crippen LogP contribution is -2.34. The molecule has 2 heterocycles. The Morgan fingerprint density at radius 2 is 2.05 bits per heavy atom. The van der Waals surface area contributed by atoms with Crippen molar-refractivity contribution in [2.24, 2.45) is 0 Å². The van der Waals surface area contributed by atoms with Crippen LogP contribution in [0, 0.1) is 6.92 Å². The van der Waals surface area contributed by atoms with Crippen molar-refractivity contribution in [3.63, 3.8) is 0 Å². The summed E-state index contributed by atoms with van der Waals surface area (Å²) in [5, 5.41) is 3.50. The minimum atomic E-state index is -0.237. The number of carbonyl (C=O) groups is 1. The Balaban J connectivity index is 1.79. The molecule has 1 saturated heterocycles. The zero-order valence-electron chi connectivity index (χ0n) is 11.8. The number of nitrogens with one attached hydrogen (secondary N) is 1. The third kappa shape index (κ3) is 3.07. The van der Waals surface area contributed by atoms with Crippen LogP contribution >= 0.6 is 35.0 Å². The Hall–Kier alpha value is -1.30. The number of nitrogens with zero attached hydrogens (tertiary/aromatic N) is 1. The first-order valence-electron chi connectivity index (χ1n) is 6.76. The molecule has 1 unspecified atom stereocenters. The van der Waals surface area contributed by atoms with E-state index in [1.54, 1.807) is 34.9 Å². The minimum Gasteiger partial charge on any atom is -0.463 e. The Morgan fingerprint density at radius 3 is 2.68 bits per heavy atom. The van der Waals surface area contributed by atoms with Gasteiger partial charge >= 0.3 is 6.03 Å². The van der Waals surface area contributed by atoms with Crippen molar-refractivity contribution in [3.05, 3.63) is 51.9 Å². The largest absolute Gasteiger partial charge is 0.463 e. The number of hydrogen-bond donors (Lipinski definition) is 1. The summed E-state index contributed by atoms with van der Waals surface area (Å²) in [6, 6.07) is 8.68. The number of furan rings is 1. The van der Waals surface area contributed by atoms with E-state index in [0.717, 1.165) is 17.3 Å². The van der Waals surface area contributed by atoms with Gasteiger partial charge in [-0.2, -0.15) is 0 Å². The fourth-order valence-electron chi connectivity index (χ4n) is 2.30. The SMILES string of the molecule is Cc1ccc(C2SCCN2C(=O)Nc2c(Cl)cccc2Cl)o1. The third-order valence-corrected chi connectivity index (χ3v) is 5.20. The number of amides is 2. The molecule has 2 amide bonds. The fraction of sp³-hybridized carbons (Fsp3) is 0.267. The second kappa shape index (κ2) is 6.44. The summed E-state index contributed by atoms with van der Waals surface area (Å²) < 4.78 is 5.65. The van der Waals surface area contributed by atoms with Crippen molar-refractivity contribution in [1.82, 2.24) is 4.90 Å². The van der Waals surface area contributed by atoms with Crippen LogP contribution in [-0.4, -0.2) is 23.2 Å². The number of rotatable bonds is 2. The van der Waals surface area contributed by atoms with Crippen LogP contribution < -0.4 is 5.32 Å². The molecule has 1 aromatic carbocycles. The number of anilines is 1. The number of urea groups is 1. The summed E-state index contributed by atoms with van der Waals surface area (Å²) in [6.45, 7) is 2.53. The number of benzene rings is 1. The van der Waals surface area contributed by atoms with Crippen LogP contribution in [0.15, 0.2) is 34.7 Å². The van der Waals surface area contributed by atoms with Gasteiger partial charge in [0.2, 0.25) is 0 Å². The normalized spacial score (nSPS) is 17.8. The van der Waals surface area contributed by atoms with Gasteiger partial charge in [-0.1, -0.05) is 29.3 Å². The summed E-state index contributed by atoms with van der Waals surface area (Å²) in [7, 11) is 0. The van der Waals surface area contributed by atoms with Gasteiger partial charge in [0.05, 0.1) is 15.7 Å². The Labute approximate surface area is 142 Å². The molecule has 7 heteroatoms. The van der Waals surface area contributed by atoms with E-state index in [0.29, 0.717) is 22.3 Å². The van der Waals surface area contributed by atoms with Gasteiger partial charge in [-0.05, 0) is 31.2 Å². The van der Waals surface area contributed by atoms with Gasteiger partial charge in [-0.15, -0.1) is 11.8 Å². The van der Waals surface area contributed by atoms with Gasteiger partial charge < -0.3 is 14.6 Å². The number of aryl methyl sites for hydroxylation is 1. The molecule has 0 bridgehead atoms. The lowest BCUT2D eigenvalue weighted by molar-refractivity contribution is 0.209. The lowest BCUT2D eigenvalue weighted by Gasteiger charge is -2.23. The summed E-state index contributed by atoms with van der Waals surface area (Å²) >= 11 is 13.9. The predicted octanol–water partition coefficient (Wildman–Crippen LogP) is 5.17. The van der Waals surface area contributed by atoms with Crippen molar-refractivity contribution in [2.75, 3.05) is 17.6 Å². The molecule has 0 saturated carbocycles. The molecule has 1 aromatic heterocycles. The van der Waals surface area contributed by atoms with Crippen LogP contribution in [0.1, 0.15) is 16.9 Å². The Bertz CT molecular complexity index is 684. The van der Waals surface area contributed by atoms with E-state index in [1.165, 1.54) is 0 Å². The first-order chi connectivity index (χ1) is 10.6. The number of thioether (sulfide) groups is 1. The summed E-state index contributed by atoms with van der Waals surface area (Å²) in [4.78, 5) is 14.3. The van der Waals surface area contributed by atoms with Crippen molar-refractivity contribution < 1.29 is 9.21 Å². The second-order valence-corrected chi connectivity index (χ2v) is 6.89. The molecule has 0 spiro atoms. The number of para-hydroxylation sites is 1. The van der Waals surface area contributed by atoms with Crippen LogP contribution in [0.4, 0.5) is 10.5 Å². The van der Waals surface area contributed by atoms with Gasteiger partial charge in [0, 0.05) is 12.3 Å². The van der Waals surface area contributed by atoms with E-state index in [2.05, 4.69) is 5.32 Å². The zero-order chi connectivity index (χ0) is 15.7. The van der Waals surface area contributed by atoms with Crippen LogP contribution in [0.2, 0.25) is 10.0 Å². The van der Waals surface area contributed by atoms with E-state index in [4.69, 9.17) is 27.6 Å². The quantitative estimate of drug-likeness (QED) is 0.806. The second-order valence-electron chi connectivity index (χ2n) is 4.89. The standard InChI is InChI=1S/C15H14Cl2N2O2S/c1-9-5-6-12(21-9)14-19(7-8-22-14)15(20)18-13-10(16)3-2-4-11(13)17/h2-6,14H,7-8H2,1H3,(H,18,20). The molecule has 1 N–H and O–H groups in total. The highest BCUT2D eigenvalue weighted by molar-refractivity contribution is 7.99. The van der Waals surface area contributed by atoms with Crippen molar-refractivity contribution in [3.8, 4) is 0 Å². The van der Waals surface area contributed by atoms with Gasteiger partial charge in [0.25, 0.3) is 0 Å². The van der Waals surface area contributed by atoms with Gasteiger partial charge in [0.15, 0.2) is 0 Å². The summed E-state index contributed by atoms with van der Waals surface area (Å²) in [5.41, 5.74) is 0.433. The molecule has 0 radical (unpaired) electrons. The Morgan fingerprint density at radius 1 is 1.32 bits per heavy atom. The van der Waals surface area contributed by atoms with Gasteiger partial charge in [-0.25, -0.2) is 4.79 Å². The van der Waals surface area contributed by atoms with Crippen molar-refractivity contribution >= 4 is 46.7 Å². The number of carbonyl (C=O) groups excluding carboxylic acids is 1. The topological polar surface area (TPSA) is 45.5 Å². The zero-order valence-corrected chi connectivity index (χ0v) is 14.1. The van der Waals surface area contributed by atoms with Crippen molar-refractivity contribution in [1.29, 1.82) is 0 Å². The highest BCUT2D eigenvalue weighted by Crippen LogP contribution is 2.39. The monoisotopic (exact) mass is 356 g/mol. The smallest absolute Gasteiger partial charge is 0.323 e. The van der Waals surface area contributed by atoms with Crippen LogP contribution in [0.5, 0.6) is 0 Å². The van der Waals surface area contributed by atoms with E-state index in [-0.39, 0.29) is 11.4 Å². The molecule has 2 aromatic rings. The van der Waals surface area contributed by atoms with Gasteiger partial charge in [0.1, 0.15) is 16.9 Å². The van der Waals surface area contributed by atoms with Crippen LogP contribution in [-0.2, 0) is 0 Å². The molecule has 116 valence electrons. The van der Waals surface area contributed by atoms with Crippen LogP contribution in [0.25, 0.3) is 0 Å². The average Bonchev–Trinajstić information content (AvgIpc) is 3.11. The first kappa shape index (κ1) is 15.6. The van der Waals surface area contributed by atoms with E-state index < -0.39 is 0 Å². The fourth-order valence-corrected chi connectivity index (χ4v) is 3.99. The molecule has 3 rings (SSSR count). The summed E-state index contributed by atoms with van der Waals surface area (Å²) in [6.07, 6.45) is 0. The van der Waals surface area contributed by atoms with E-state index in [9.17, 15) is 4.79 Å². The third-order valence-electron chi connectivity index (χ3n) is 3.35. The lowest BCUT2D eigenvalue weighted by atomic mass is 10.3. The van der Waals surface area contributed by atoms with E-state index >= 15 is 0 Å². The maximum absolute atomic E-state index is 12.6. The number of hydrogen-bond acceptors (Lipinski definition) is 3. The highest BCUT2D eigenvalue weighted by atomic mass is 35.5. The molecule has 1 aliphatic rings. The first-order valence-corrected chi connectivity index (χ1v) is 8.56. The Kier molecular flexibility index (Phi) is 4.57. The molecule has 22 heavy (non-hydrogen) atoms. The predicted molar refractivity (Wildman–Crippen MR) is 90.8 cm³/mol. The number of halogens is 2. The maximum Gasteiger partial charge on any atom is 0.323 e. The maximum atomic E-state index is 12.6. The highest BCUT2D eigenvalue weighted by Gasteiger charge is 2.33. The van der Waals surface area contributed by atoms with E-state index in [1.807, 2.05) is 19.1 Å². The summed E-state index contributed by atoms with van der Waals surface area (Å²) in [5.74, 6) is 2.46. The molecule has 1 fully saturated rings. The van der Waals surface area contributed by atoms with Crippen LogP contribution in [0.3, 0.4) is 0 Å². The molecule has 0 aliphatic carbocycles. The molecule has 1 atom stereocenters. The molecule has 4 nitrogen and oxygen atoms in total. The van der Waals surface area contributed by atoms with Gasteiger partial charge in [-0.3, -0.25) is 0 Å². The average molecular weight is 357 g/mol.